The monoisotopic (exact) mass is 712 g/mol. The average molecular weight is 713 g/mol. The number of aliphatic hydroxyl groups excluding tert-OH is 2. The minimum Gasteiger partial charge on any atom is -0.508 e. The summed E-state index contributed by atoms with van der Waals surface area (Å²) in [5.41, 5.74) is 3.70. The lowest BCUT2D eigenvalue weighted by Crippen LogP contribution is -2.42. The molecule has 0 aliphatic heterocycles. The molecule has 0 bridgehead atoms. The first kappa shape index (κ1) is 41.7. The van der Waals surface area contributed by atoms with E-state index >= 15 is 0 Å². The van der Waals surface area contributed by atoms with Gasteiger partial charge in [0.1, 0.15) is 11.5 Å². The fraction of sp³-hybridized carbons (Fsp3) is 0.385. The molecule has 0 radical (unpaired) electrons. The Labute approximate surface area is 298 Å². The molecule has 4 atom stereocenters. The molecule has 0 saturated carbocycles. The highest BCUT2D eigenvalue weighted by atomic mass is 35.5. The van der Waals surface area contributed by atoms with Gasteiger partial charge in [-0.3, -0.25) is 0 Å². The molecule has 0 aliphatic carbocycles. The number of halogens is 1. The quantitative estimate of drug-likeness (QED) is 0.0818. The molecule has 8 nitrogen and oxygen atoms in total. The number of phenolic OH excluding ortho intramolecular Hbond substituents is 2. The van der Waals surface area contributed by atoms with Crippen LogP contribution in [0.1, 0.15) is 68.6 Å². The van der Waals surface area contributed by atoms with Crippen LogP contribution in [0.3, 0.4) is 0 Å². The lowest BCUT2D eigenvalue weighted by Gasteiger charge is -2.28. The number of benzene rings is 4. The summed E-state index contributed by atoms with van der Waals surface area (Å²) in [7, 11) is -3.18. The molecule has 4 rings (SSSR count). The van der Waals surface area contributed by atoms with Crippen molar-refractivity contribution in [2.24, 2.45) is 5.92 Å². The Morgan fingerprint density at radius 1 is 0.714 bits per heavy atom. The third-order valence-corrected chi connectivity index (χ3v) is 9.69. The Balaban J connectivity index is 0.000000334. The van der Waals surface area contributed by atoms with Gasteiger partial charge in [0.15, 0.2) is 9.84 Å². The van der Waals surface area contributed by atoms with Gasteiger partial charge in [-0.25, -0.2) is 8.42 Å². The van der Waals surface area contributed by atoms with Crippen molar-refractivity contribution in [1.82, 2.24) is 10.6 Å². The maximum Gasteiger partial charge on any atom is 0.175 e. The summed E-state index contributed by atoms with van der Waals surface area (Å²) in [4.78, 5) is 0.357. The molecule has 4 aromatic rings. The van der Waals surface area contributed by atoms with Crippen molar-refractivity contribution in [3.8, 4) is 11.5 Å². The van der Waals surface area contributed by atoms with Crippen molar-refractivity contribution in [2.45, 2.75) is 75.6 Å². The number of aryl methyl sites for hydroxylation is 1. The molecule has 268 valence electrons. The Morgan fingerprint density at radius 2 is 1.27 bits per heavy atom. The molecule has 49 heavy (non-hydrogen) atoms. The number of sulfone groups is 1. The minimum absolute atomic E-state index is 0. The summed E-state index contributed by atoms with van der Waals surface area (Å²) in [5, 5.41) is 45.8. The Morgan fingerprint density at radius 3 is 1.86 bits per heavy atom. The van der Waals surface area contributed by atoms with Crippen molar-refractivity contribution in [3.05, 3.63) is 125 Å². The SMILES string of the molecule is CC(C)(CCc1cccc(S(C)(=O)=O)c1)NCC(O)c1ccccc1.CC(Cc1ccc(O)cc1)C(C)NCC(O)c1ccc(O)cc1.Cl. The van der Waals surface area contributed by atoms with Crippen molar-refractivity contribution >= 4 is 22.2 Å². The molecule has 10 heteroatoms. The number of β-amino-alcohol motifs (C(OH)–C–C–N with tert-alkyl or cyclic N) is 1. The van der Waals surface area contributed by atoms with Gasteiger partial charge in [0.05, 0.1) is 17.1 Å². The summed E-state index contributed by atoms with van der Waals surface area (Å²) in [6, 6.07) is 30.8. The molecule has 0 heterocycles. The summed E-state index contributed by atoms with van der Waals surface area (Å²) in [6.45, 7) is 9.38. The van der Waals surface area contributed by atoms with E-state index in [1.165, 1.54) is 11.8 Å². The molecular weight excluding hydrogens is 660 g/mol. The zero-order valence-corrected chi connectivity index (χ0v) is 30.7. The molecule has 0 saturated heterocycles. The number of hydrogen-bond donors (Lipinski definition) is 6. The van der Waals surface area contributed by atoms with E-state index in [2.05, 4.69) is 38.3 Å². The first-order valence-electron chi connectivity index (χ1n) is 16.4. The highest BCUT2D eigenvalue weighted by molar-refractivity contribution is 7.90. The van der Waals surface area contributed by atoms with Crippen LogP contribution >= 0.6 is 12.4 Å². The van der Waals surface area contributed by atoms with Crippen molar-refractivity contribution in [1.29, 1.82) is 0 Å². The second-order valence-corrected chi connectivity index (χ2v) is 15.3. The van der Waals surface area contributed by atoms with Crippen LogP contribution < -0.4 is 10.6 Å². The predicted molar refractivity (Wildman–Crippen MR) is 200 cm³/mol. The van der Waals surface area contributed by atoms with Gasteiger partial charge < -0.3 is 31.1 Å². The van der Waals surface area contributed by atoms with E-state index in [-0.39, 0.29) is 35.5 Å². The molecule has 0 aromatic heterocycles. The first-order valence-corrected chi connectivity index (χ1v) is 18.3. The third kappa shape index (κ3) is 14.9. The first-order chi connectivity index (χ1) is 22.6. The topological polar surface area (TPSA) is 139 Å². The van der Waals surface area contributed by atoms with Crippen molar-refractivity contribution in [3.63, 3.8) is 0 Å². The van der Waals surface area contributed by atoms with E-state index < -0.39 is 22.0 Å². The molecule has 6 N–H and O–H groups in total. The third-order valence-electron chi connectivity index (χ3n) is 8.58. The van der Waals surface area contributed by atoms with Crippen LogP contribution in [0, 0.1) is 5.92 Å². The number of aliphatic hydroxyl groups is 2. The number of rotatable bonds is 15. The van der Waals surface area contributed by atoms with Crippen LogP contribution in [0.4, 0.5) is 0 Å². The summed E-state index contributed by atoms with van der Waals surface area (Å²) in [6.07, 6.45) is 2.59. The predicted octanol–water partition coefficient (Wildman–Crippen LogP) is 6.53. The molecule has 4 unspecified atom stereocenters. The molecule has 0 aliphatic rings. The smallest absolute Gasteiger partial charge is 0.175 e. The summed E-state index contributed by atoms with van der Waals surface area (Å²) >= 11 is 0. The molecule has 0 fully saturated rings. The second kappa shape index (κ2) is 19.7. The van der Waals surface area contributed by atoms with Crippen LogP contribution in [-0.4, -0.2) is 59.8 Å². The largest absolute Gasteiger partial charge is 0.508 e. The van der Waals surface area contributed by atoms with Gasteiger partial charge in [-0.2, -0.15) is 0 Å². The van der Waals surface area contributed by atoms with Gasteiger partial charge in [0.25, 0.3) is 0 Å². The van der Waals surface area contributed by atoms with Crippen LogP contribution in [0.15, 0.2) is 108 Å². The highest BCUT2D eigenvalue weighted by Gasteiger charge is 2.20. The fourth-order valence-corrected chi connectivity index (χ4v) is 5.83. The van der Waals surface area contributed by atoms with Gasteiger partial charge in [0, 0.05) is 30.9 Å². The molecular formula is C39H53ClN2O6S. The molecule has 0 spiro atoms. The Hall–Kier alpha value is -3.44. The van der Waals surface area contributed by atoms with Gasteiger partial charge in [-0.05, 0) is 105 Å². The van der Waals surface area contributed by atoms with E-state index in [0.717, 1.165) is 36.0 Å². The number of nitrogens with one attached hydrogen (secondary N) is 2. The van der Waals surface area contributed by atoms with Crippen LogP contribution in [0.25, 0.3) is 0 Å². The van der Waals surface area contributed by atoms with Gasteiger partial charge in [-0.1, -0.05) is 73.7 Å². The lowest BCUT2D eigenvalue weighted by molar-refractivity contribution is 0.159. The Bertz CT molecular complexity index is 1630. The van der Waals surface area contributed by atoms with E-state index in [9.17, 15) is 28.8 Å². The van der Waals surface area contributed by atoms with E-state index in [1.54, 1.807) is 54.6 Å². The zero-order chi connectivity index (χ0) is 35.3. The maximum atomic E-state index is 11.7. The van der Waals surface area contributed by atoms with Gasteiger partial charge in [-0.15, -0.1) is 12.4 Å². The Kier molecular flexibility index (Phi) is 16.8. The van der Waals surface area contributed by atoms with Gasteiger partial charge >= 0.3 is 0 Å². The number of hydrogen-bond acceptors (Lipinski definition) is 8. The van der Waals surface area contributed by atoms with E-state index in [1.807, 2.05) is 48.5 Å². The lowest BCUT2D eigenvalue weighted by atomic mass is 9.94. The van der Waals surface area contributed by atoms with Crippen LogP contribution in [-0.2, 0) is 22.7 Å². The zero-order valence-electron chi connectivity index (χ0n) is 29.1. The number of phenols is 2. The summed E-state index contributed by atoms with van der Waals surface area (Å²) in [5.74, 6) is 0.876. The second-order valence-electron chi connectivity index (χ2n) is 13.3. The van der Waals surface area contributed by atoms with Crippen molar-refractivity contribution < 1.29 is 28.8 Å². The van der Waals surface area contributed by atoms with Crippen molar-refractivity contribution in [2.75, 3.05) is 19.3 Å². The number of aromatic hydroxyl groups is 2. The van der Waals surface area contributed by atoms with E-state index in [4.69, 9.17) is 0 Å². The normalized spacial score (nSPS) is 14.0. The standard InChI is InChI=1S/C20H27NO3S.C19H25NO3.ClH/c1-20(2,21-15-19(22)17-9-5-4-6-10-17)13-12-16-8-7-11-18(14-16)25(3,23)24;1-13(11-15-3-7-17(21)8-4-15)14(2)20-12-19(23)16-5-9-18(22)10-6-16;/h4-11,14,19,21-22H,12-13,15H2,1-3H3;3-10,13-14,19-23H,11-12H2,1-2H3;1H. The van der Waals surface area contributed by atoms with E-state index in [0.29, 0.717) is 23.9 Å². The highest BCUT2D eigenvalue weighted by Crippen LogP contribution is 2.20. The molecule has 0 amide bonds. The van der Waals surface area contributed by atoms with Gasteiger partial charge in [0.2, 0.25) is 0 Å². The molecule has 4 aromatic carbocycles. The fourth-order valence-electron chi connectivity index (χ4n) is 5.14. The maximum absolute atomic E-state index is 11.7. The van der Waals surface area contributed by atoms with Crippen LogP contribution in [0.5, 0.6) is 11.5 Å². The van der Waals surface area contributed by atoms with Crippen LogP contribution in [0.2, 0.25) is 0 Å². The summed E-state index contributed by atoms with van der Waals surface area (Å²) < 4.78 is 23.3. The minimum atomic E-state index is -3.18. The average Bonchev–Trinajstić information content (AvgIpc) is 3.07.